The van der Waals surface area contributed by atoms with Crippen molar-refractivity contribution in [2.45, 2.75) is 27.2 Å². The summed E-state index contributed by atoms with van der Waals surface area (Å²) in [4.78, 5) is 0. The highest BCUT2D eigenvalue weighted by atomic mass is 14.6. The predicted octanol–water partition coefficient (Wildman–Crippen LogP) is 4.52. The molecule has 0 amide bonds. The minimum Gasteiger partial charge on any atom is -0.398 e. The lowest BCUT2D eigenvalue weighted by Gasteiger charge is -2.06. The number of para-hydroxylation sites is 1. The Kier molecular flexibility index (Phi) is 5.28. The zero-order valence-corrected chi connectivity index (χ0v) is 10.9. The Hall–Kier alpha value is -1.76. The second-order valence-corrected chi connectivity index (χ2v) is 3.64. The molecule has 2 aromatic carbocycles. The summed E-state index contributed by atoms with van der Waals surface area (Å²) in [7, 11) is 0. The van der Waals surface area contributed by atoms with Gasteiger partial charge < -0.3 is 5.73 Å². The number of hydrogen-bond donors (Lipinski definition) is 1. The largest absolute Gasteiger partial charge is 0.398 e. The van der Waals surface area contributed by atoms with Crippen molar-refractivity contribution in [1.29, 1.82) is 0 Å². The normalized spacial score (nSPS) is 9.35. The van der Waals surface area contributed by atoms with E-state index in [9.17, 15) is 0 Å². The maximum Gasteiger partial charge on any atom is 0.0393 e. The van der Waals surface area contributed by atoms with Crippen LogP contribution in [0, 0.1) is 0 Å². The third kappa shape index (κ3) is 3.35. The SMILES string of the molecule is CC.CCc1ccc(-c2ccccc2N)cc1. The molecule has 0 aliphatic carbocycles. The fraction of sp³-hybridized carbons (Fsp3) is 0.250. The van der Waals surface area contributed by atoms with Crippen LogP contribution in [-0.2, 0) is 6.42 Å². The van der Waals surface area contributed by atoms with Gasteiger partial charge in [-0.1, -0.05) is 63.2 Å². The van der Waals surface area contributed by atoms with Gasteiger partial charge in [0.25, 0.3) is 0 Å². The van der Waals surface area contributed by atoms with Crippen LogP contribution < -0.4 is 5.73 Å². The lowest BCUT2D eigenvalue weighted by atomic mass is 10.0. The molecule has 0 heterocycles. The molecule has 0 saturated heterocycles. The number of hydrogen-bond acceptors (Lipinski definition) is 1. The van der Waals surface area contributed by atoms with Gasteiger partial charge in [0.1, 0.15) is 0 Å². The van der Waals surface area contributed by atoms with Crippen LogP contribution in [0.4, 0.5) is 5.69 Å². The van der Waals surface area contributed by atoms with Crippen molar-refractivity contribution in [1.82, 2.24) is 0 Å². The molecule has 2 rings (SSSR count). The molecule has 0 spiro atoms. The first-order valence-electron chi connectivity index (χ1n) is 6.25. The zero-order chi connectivity index (χ0) is 12.7. The number of aryl methyl sites for hydroxylation is 1. The van der Waals surface area contributed by atoms with Crippen molar-refractivity contribution in [3.05, 3.63) is 54.1 Å². The van der Waals surface area contributed by atoms with Gasteiger partial charge in [0, 0.05) is 11.3 Å². The monoisotopic (exact) mass is 227 g/mol. The Morgan fingerprint density at radius 3 is 2.00 bits per heavy atom. The van der Waals surface area contributed by atoms with Crippen LogP contribution in [0.2, 0.25) is 0 Å². The molecule has 1 heteroatoms. The minimum absolute atomic E-state index is 0.835. The Bertz CT molecular complexity index is 443. The van der Waals surface area contributed by atoms with E-state index in [1.807, 2.05) is 32.0 Å². The summed E-state index contributed by atoms with van der Waals surface area (Å²) in [5.41, 5.74) is 10.4. The molecule has 2 N–H and O–H groups in total. The van der Waals surface area contributed by atoms with Gasteiger partial charge in [0.15, 0.2) is 0 Å². The molecule has 90 valence electrons. The number of anilines is 1. The summed E-state index contributed by atoms with van der Waals surface area (Å²) >= 11 is 0. The molecule has 0 saturated carbocycles. The summed E-state index contributed by atoms with van der Waals surface area (Å²) in [6.07, 6.45) is 1.07. The summed E-state index contributed by atoms with van der Waals surface area (Å²) in [6, 6.07) is 16.5. The maximum absolute atomic E-state index is 5.92. The molecular weight excluding hydrogens is 206 g/mol. The highest BCUT2D eigenvalue weighted by Crippen LogP contribution is 2.25. The van der Waals surface area contributed by atoms with Crippen molar-refractivity contribution in [3.8, 4) is 11.1 Å². The average Bonchev–Trinajstić information content (AvgIpc) is 2.42. The molecule has 1 nitrogen and oxygen atoms in total. The van der Waals surface area contributed by atoms with E-state index in [0.717, 1.165) is 17.7 Å². The first-order chi connectivity index (χ1) is 8.31. The first-order valence-corrected chi connectivity index (χ1v) is 6.25. The average molecular weight is 227 g/mol. The first kappa shape index (κ1) is 13.3. The van der Waals surface area contributed by atoms with Crippen LogP contribution in [0.5, 0.6) is 0 Å². The minimum atomic E-state index is 0.835. The van der Waals surface area contributed by atoms with Crippen molar-refractivity contribution in [3.63, 3.8) is 0 Å². The van der Waals surface area contributed by atoms with E-state index < -0.39 is 0 Å². The molecule has 0 fully saturated rings. The van der Waals surface area contributed by atoms with E-state index in [0.29, 0.717) is 0 Å². The van der Waals surface area contributed by atoms with Crippen LogP contribution in [0.25, 0.3) is 11.1 Å². The van der Waals surface area contributed by atoms with Gasteiger partial charge >= 0.3 is 0 Å². The van der Waals surface area contributed by atoms with Crippen molar-refractivity contribution < 1.29 is 0 Å². The molecular formula is C16H21N. The fourth-order valence-electron chi connectivity index (χ4n) is 1.68. The van der Waals surface area contributed by atoms with Crippen molar-refractivity contribution in [2.24, 2.45) is 0 Å². The third-order valence-corrected chi connectivity index (χ3v) is 2.63. The van der Waals surface area contributed by atoms with E-state index in [-0.39, 0.29) is 0 Å². The number of nitrogens with two attached hydrogens (primary N) is 1. The molecule has 17 heavy (non-hydrogen) atoms. The summed E-state index contributed by atoms with van der Waals surface area (Å²) in [5.74, 6) is 0. The number of rotatable bonds is 2. The maximum atomic E-state index is 5.92. The van der Waals surface area contributed by atoms with E-state index in [1.54, 1.807) is 0 Å². The summed E-state index contributed by atoms with van der Waals surface area (Å²) < 4.78 is 0. The number of benzene rings is 2. The van der Waals surface area contributed by atoms with Crippen LogP contribution in [-0.4, -0.2) is 0 Å². The van der Waals surface area contributed by atoms with Gasteiger partial charge in [-0.3, -0.25) is 0 Å². The van der Waals surface area contributed by atoms with Crippen LogP contribution in [0.1, 0.15) is 26.3 Å². The lowest BCUT2D eigenvalue weighted by molar-refractivity contribution is 1.14. The molecule has 0 aromatic heterocycles. The Morgan fingerprint density at radius 2 is 1.47 bits per heavy atom. The molecule has 0 radical (unpaired) electrons. The van der Waals surface area contributed by atoms with Gasteiger partial charge in [-0.25, -0.2) is 0 Å². The van der Waals surface area contributed by atoms with E-state index in [1.165, 1.54) is 11.1 Å². The smallest absolute Gasteiger partial charge is 0.0393 e. The van der Waals surface area contributed by atoms with Gasteiger partial charge in [0.05, 0.1) is 0 Å². The standard InChI is InChI=1S/C14H15N.C2H6/c1-2-11-7-9-12(10-8-11)13-5-3-4-6-14(13)15;1-2/h3-10H,2,15H2,1H3;1-2H3. The quantitative estimate of drug-likeness (QED) is 0.750. The van der Waals surface area contributed by atoms with Crippen LogP contribution in [0.3, 0.4) is 0 Å². The second kappa shape index (κ2) is 6.74. The fourth-order valence-corrected chi connectivity index (χ4v) is 1.68. The Labute approximate surface area is 104 Å². The van der Waals surface area contributed by atoms with Gasteiger partial charge in [-0.2, -0.15) is 0 Å². The van der Waals surface area contributed by atoms with Gasteiger partial charge in [-0.15, -0.1) is 0 Å². The topological polar surface area (TPSA) is 26.0 Å². The zero-order valence-electron chi connectivity index (χ0n) is 10.9. The van der Waals surface area contributed by atoms with Crippen molar-refractivity contribution >= 4 is 5.69 Å². The predicted molar refractivity (Wildman–Crippen MR) is 77.0 cm³/mol. The molecule has 0 bridgehead atoms. The Balaban J connectivity index is 0.000000686. The van der Waals surface area contributed by atoms with E-state index in [4.69, 9.17) is 5.73 Å². The molecule has 0 aliphatic heterocycles. The highest BCUT2D eigenvalue weighted by Gasteiger charge is 2.00. The highest BCUT2D eigenvalue weighted by molar-refractivity contribution is 5.76. The summed E-state index contributed by atoms with van der Waals surface area (Å²) in [6.45, 7) is 6.16. The van der Waals surface area contributed by atoms with E-state index in [2.05, 4.69) is 37.3 Å². The van der Waals surface area contributed by atoms with E-state index >= 15 is 0 Å². The molecule has 0 aliphatic rings. The molecule has 2 aromatic rings. The van der Waals surface area contributed by atoms with Crippen molar-refractivity contribution in [2.75, 3.05) is 5.73 Å². The summed E-state index contributed by atoms with van der Waals surface area (Å²) in [5, 5.41) is 0. The lowest BCUT2D eigenvalue weighted by Crippen LogP contribution is -1.89. The molecule has 0 unspecified atom stereocenters. The second-order valence-electron chi connectivity index (χ2n) is 3.64. The third-order valence-electron chi connectivity index (χ3n) is 2.63. The number of nitrogen functional groups attached to an aromatic ring is 1. The van der Waals surface area contributed by atoms with Gasteiger partial charge in [-0.05, 0) is 23.6 Å². The van der Waals surface area contributed by atoms with Crippen LogP contribution in [0.15, 0.2) is 48.5 Å². The molecule has 0 atom stereocenters. The van der Waals surface area contributed by atoms with Gasteiger partial charge in [0.2, 0.25) is 0 Å². The van der Waals surface area contributed by atoms with Crippen LogP contribution >= 0.6 is 0 Å². The Morgan fingerprint density at radius 1 is 0.882 bits per heavy atom.